The van der Waals surface area contributed by atoms with Gasteiger partial charge >= 0.3 is 0 Å². The first-order chi connectivity index (χ1) is 5.29. The molecule has 2 N–H and O–H groups in total. The summed E-state index contributed by atoms with van der Waals surface area (Å²) in [6.07, 6.45) is 0. The first-order valence-electron chi connectivity index (χ1n) is 3.22. The SMILES string of the molecule is Nc1ccc2c(c1F)=NCN=2. The predicted molar refractivity (Wildman–Crippen MR) is 38.0 cm³/mol. The predicted octanol–water partition coefficient (Wildman–Crippen LogP) is -0.382. The molecule has 0 saturated carbocycles. The van der Waals surface area contributed by atoms with Gasteiger partial charge in [-0.1, -0.05) is 0 Å². The highest BCUT2D eigenvalue weighted by atomic mass is 19.1. The van der Waals surface area contributed by atoms with Crippen LogP contribution in [0.5, 0.6) is 0 Å². The Morgan fingerprint density at radius 3 is 3.00 bits per heavy atom. The zero-order chi connectivity index (χ0) is 7.84. The molecule has 0 spiro atoms. The topological polar surface area (TPSA) is 50.7 Å². The van der Waals surface area contributed by atoms with Crippen LogP contribution in [-0.2, 0) is 0 Å². The number of fused-ring (bicyclic) bond motifs is 1. The van der Waals surface area contributed by atoms with Crippen molar-refractivity contribution in [3.63, 3.8) is 0 Å². The van der Waals surface area contributed by atoms with Crippen molar-refractivity contribution in [2.45, 2.75) is 0 Å². The summed E-state index contributed by atoms with van der Waals surface area (Å²) in [4.78, 5) is 7.78. The van der Waals surface area contributed by atoms with Crippen molar-refractivity contribution in [3.8, 4) is 0 Å². The Balaban J connectivity index is 2.95. The van der Waals surface area contributed by atoms with E-state index >= 15 is 0 Å². The van der Waals surface area contributed by atoms with Gasteiger partial charge in [0.05, 0.1) is 11.0 Å². The lowest BCUT2D eigenvalue weighted by atomic mass is 10.3. The minimum atomic E-state index is -0.455. The van der Waals surface area contributed by atoms with Crippen molar-refractivity contribution in [1.29, 1.82) is 0 Å². The molecule has 1 aromatic carbocycles. The highest BCUT2D eigenvalue weighted by Gasteiger charge is 2.05. The lowest BCUT2D eigenvalue weighted by Gasteiger charge is -1.91. The van der Waals surface area contributed by atoms with Gasteiger partial charge in [-0.25, -0.2) is 4.39 Å². The van der Waals surface area contributed by atoms with Crippen molar-refractivity contribution in [1.82, 2.24) is 0 Å². The summed E-state index contributed by atoms with van der Waals surface area (Å²) in [5.41, 5.74) is 5.45. The Labute approximate surface area is 62.1 Å². The Morgan fingerprint density at radius 1 is 1.36 bits per heavy atom. The molecular formula is C7H6FN3. The van der Waals surface area contributed by atoms with Gasteiger partial charge in [0.25, 0.3) is 0 Å². The van der Waals surface area contributed by atoms with Crippen LogP contribution in [0.1, 0.15) is 0 Å². The number of hydrogen-bond donors (Lipinski definition) is 1. The number of hydrogen-bond acceptors (Lipinski definition) is 3. The van der Waals surface area contributed by atoms with Crippen LogP contribution >= 0.6 is 0 Å². The van der Waals surface area contributed by atoms with E-state index in [1.807, 2.05) is 0 Å². The van der Waals surface area contributed by atoms with Crippen LogP contribution in [0.2, 0.25) is 0 Å². The molecule has 4 heteroatoms. The van der Waals surface area contributed by atoms with Crippen LogP contribution in [0, 0.1) is 5.82 Å². The van der Waals surface area contributed by atoms with E-state index in [4.69, 9.17) is 5.73 Å². The number of nitrogen functional groups attached to an aromatic ring is 1. The fraction of sp³-hybridized carbons (Fsp3) is 0.143. The summed E-state index contributed by atoms with van der Waals surface area (Å²) in [5.74, 6) is -0.455. The third-order valence-corrected chi connectivity index (χ3v) is 1.59. The molecule has 2 rings (SSSR count). The van der Waals surface area contributed by atoms with Gasteiger partial charge in [0.15, 0.2) is 5.82 Å². The molecular weight excluding hydrogens is 145 g/mol. The number of anilines is 1. The summed E-state index contributed by atoms with van der Waals surface area (Å²) < 4.78 is 13.0. The molecule has 1 aromatic rings. The van der Waals surface area contributed by atoms with E-state index in [1.54, 1.807) is 6.07 Å². The molecule has 0 saturated heterocycles. The van der Waals surface area contributed by atoms with E-state index in [-0.39, 0.29) is 5.69 Å². The van der Waals surface area contributed by atoms with Crippen LogP contribution in [-0.4, -0.2) is 6.67 Å². The fourth-order valence-electron chi connectivity index (χ4n) is 1.03. The fourth-order valence-corrected chi connectivity index (χ4v) is 1.03. The first kappa shape index (κ1) is 6.27. The second-order valence-electron chi connectivity index (χ2n) is 2.29. The van der Waals surface area contributed by atoms with Crippen molar-refractivity contribution in [3.05, 3.63) is 28.7 Å². The summed E-state index contributed by atoms with van der Waals surface area (Å²) in [5, 5.41) is 0.890. The van der Waals surface area contributed by atoms with Crippen molar-refractivity contribution in [2.24, 2.45) is 9.98 Å². The molecule has 11 heavy (non-hydrogen) atoms. The summed E-state index contributed by atoms with van der Waals surface area (Å²) in [7, 11) is 0. The van der Waals surface area contributed by atoms with E-state index < -0.39 is 5.82 Å². The minimum Gasteiger partial charge on any atom is -0.396 e. The second kappa shape index (κ2) is 2.02. The van der Waals surface area contributed by atoms with Gasteiger partial charge < -0.3 is 5.73 Å². The molecule has 1 aliphatic heterocycles. The normalized spacial score (nSPS) is 13.5. The van der Waals surface area contributed by atoms with E-state index in [0.29, 0.717) is 17.4 Å². The van der Waals surface area contributed by atoms with Gasteiger partial charge in [-0.15, -0.1) is 0 Å². The average molecular weight is 151 g/mol. The molecule has 0 bridgehead atoms. The molecule has 1 aliphatic rings. The van der Waals surface area contributed by atoms with Gasteiger partial charge in [0, 0.05) is 0 Å². The quantitative estimate of drug-likeness (QED) is 0.505. The molecule has 1 heterocycles. The standard InChI is InChI=1S/C7H6FN3/c8-6-4(9)1-2-5-7(6)11-3-10-5/h1-2H,3,9H2. The monoisotopic (exact) mass is 151 g/mol. The van der Waals surface area contributed by atoms with Gasteiger partial charge in [-0.2, -0.15) is 0 Å². The van der Waals surface area contributed by atoms with E-state index in [2.05, 4.69) is 9.98 Å². The molecule has 0 fully saturated rings. The smallest absolute Gasteiger partial charge is 0.173 e. The van der Waals surface area contributed by atoms with Crippen LogP contribution in [0.3, 0.4) is 0 Å². The third kappa shape index (κ3) is 0.790. The second-order valence-corrected chi connectivity index (χ2v) is 2.29. The average Bonchev–Trinajstić information content (AvgIpc) is 2.45. The van der Waals surface area contributed by atoms with Crippen LogP contribution in [0.15, 0.2) is 22.1 Å². The van der Waals surface area contributed by atoms with Gasteiger partial charge in [0.1, 0.15) is 12.0 Å². The molecule has 0 radical (unpaired) electrons. The van der Waals surface area contributed by atoms with Crippen molar-refractivity contribution >= 4 is 5.69 Å². The molecule has 0 aliphatic carbocycles. The van der Waals surface area contributed by atoms with Crippen molar-refractivity contribution in [2.75, 3.05) is 12.4 Å². The Hall–Kier alpha value is -1.45. The first-order valence-corrected chi connectivity index (χ1v) is 3.22. The summed E-state index contributed by atoms with van der Waals surface area (Å²) in [6, 6.07) is 3.17. The maximum Gasteiger partial charge on any atom is 0.173 e. The maximum atomic E-state index is 13.0. The molecule has 3 nitrogen and oxygen atoms in total. The van der Waals surface area contributed by atoms with Crippen LogP contribution < -0.4 is 16.4 Å². The van der Waals surface area contributed by atoms with Crippen LogP contribution in [0.4, 0.5) is 10.1 Å². The lowest BCUT2D eigenvalue weighted by Crippen LogP contribution is -2.26. The summed E-state index contributed by atoms with van der Waals surface area (Å²) in [6.45, 7) is 0.315. The highest BCUT2D eigenvalue weighted by molar-refractivity contribution is 5.38. The third-order valence-electron chi connectivity index (χ3n) is 1.59. The highest BCUT2D eigenvalue weighted by Crippen LogP contribution is 2.00. The number of rotatable bonds is 0. The van der Waals surface area contributed by atoms with E-state index in [0.717, 1.165) is 0 Å². The number of nitrogens with two attached hydrogens (primary N) is 1. The van der Waals surface area contributed by atoms with Crippen molar-refractivity contribution < 1.29 is 4.39 Å². The minimum absolute atomic E-state index is 0.129. The van der Waals surface area contributed by atoms with Gasteiger partial charge in [-0.3, -0.25) is 9.98 Å². The Kier molecular flexibility index (Phi) is 1.15. The number of benzene rings is 1. The van der Waals surface area contributed by atoms with Crippen LogP contribution in [0.25, 0.3) is 0 Å². The molecule has 0 amide bonds. The zero-order valence-corrected chi connectivity index (χ0v) is 5.71. The number of nitrogens with zero attached hydrogens (tertiary/aromatic N) is 2. The van der Waals surface area contributed by atoms with E-state index in [9.17, 15) is 4.39 Å². The largest absolute Gasteiger partial charge is 0.396 e. The maximum absolute atomic E-state index is 13.0. The Morgan fingerprint density at radius 2 is 2.18 bits per heavy atom. The zero-order valence-electron chi connectivity index (χ0n) is 5.71. The Bertz CT molecular complexity index is 410. The summed E-state index contributed by atoms with van der Waals surface area (Å²) >= 11 is 0. The van der Waals surface area contributed by atoms with Gasteiger partial charge in [0.2, 0.25) is 0 Å². The molecule has 0 aromatic heterocycles. The van der Waals surface area contributed by atoms with Gasteiger partial charge in [-0.05, 0) is 12.1 Å². The molecule has 56 valence electrons. The number of halogens is 1. The molecule has 0 atom stereocenters. The van der Waals surface area contributed by atoms with E-state index in [1.165, 1.54) is 6.07 Å². The lowest BCUT2D eigenvalue weighted by molar-refractivity contribution is 0.616. The molecule has 0 unspecified atom stereocenters.